The summed E-state index contributed by atoms with van der Waals surface area (Å²) in [6, 6.07) is 0.0727. The molecule has 0 spiro atoms. The first kappa shape index (κ1) is 13.5. The Hall–Kier alpha value is -0.980. The second-order valence-electron chi connectivity index (χ2n) is 4.29. The van der Waals surface area contributed by atoms with Crippen molar-refractivity contribution in [2.75, 3.05) is 38.2 Å². The summed E-state index contributed by atoms with van der Waals surface area (Å²) < 4.78 is 18.7. The standard InChI is InChI=1S/C11H16ClFN4O/c1-8(7-17-2-4-18-5-3-17)15-10-9(13)6-14-11(12)16-10/h6,8H,2-5,7H2,1H3,(H,14,15,16). The maximum Gasteiger partial charge on any atom is 0.224 e. The fraction of sp³-hybridized carbons (Fsp3) is 0.636. The maximum absolute atomic E-state index is 13.4. The number of hydrogen-bond acceptors (Lipinski definition) is 5. The van der Waals surface area contributed by atoms with E-state index in [-0.39, 0.29) is 17.1 Å². The van der Waals surface area contributed by atoms with Crippen LogP contribution in [0.1, 0.15) is 6.92 Å². The second-order valence-corrected chi connectivity index (χ2v) is 4.63. The zero-order valence-electron chi connectivity index (χ0n) is 10.2. The van der Waals surface area contributed by atoms with E-state index in [4.69, 9.17) is 16.3 Å². The number of aromatic nitrogens is 2. The Kier molecular flexibility index (Phi) is 4.68. The van der Waals surface area contributed by atoms with Gasteiger partial charge in [0.2, 0.25) is 5.28 Å². The summed E-state index contributed by atoms with van der Waals surface area (Å²) in [4.78, 5) is 9.67. The second kappa shape index (κ2) is 6.26. The van der Waals surface area contributed by atoms with Gasteiger partial charge >= 0.3 is 0 Å². The molecular weight excluding hydrogens is 259 g/mol. The summed E-state index contributed by atoms with van der Waals surface area (Å²) in [6.45, 7) is 6.09. The van der Waals surface area contributed by atoms with E-state index in [1.54, 1.807) is 0 Å². The average Bonchev–Trinajstić information content (AvgIpc) is 2.35. The van der Waals surface area contributed by atoms with Gasteiger partial charge in [-0.25, -0.2) is 9.37 Å². The lowest BCUT2D eigenvalue weighted by Crippen LogP contribution is -2.42. The Morgan fingerprint density at radius 2 is 2.28 bits per heavy atom. The molecule has 18 heavy (non-hydrogen) atoms. The number of nitrogens with one attached hydrogen (secondary N) is 1. The number of rotatable bonds is 4. The highest BCUT2D eigenvalue weighted by Crippen LogP contribution is 2.13. The molecule has 1 atom stereocenters. The predicted molar refractivity (Wildman–Crippen MR) is 67.3 cm³/mol. The third kappa shape index (κ3) is 3.76. The minimum absolute atomic E-state index is 0.0393. The van der Waals surface area contributed by atoms with E-state index in [1.807, 2.05) is 6.92 Å². The smallest absolute Gasteiger partial charge is 0.224 e. The minimum Gasteiger partial charge on any atom is -0.379 e. The maximum atomic E-state index is 13.4. The molecule has 5 nitrogen and oxygen atoms in total. The van der Waals surface area contributed by atoms with E-state index in [1.165, 1.54) is 0 Å². The fourth-order valence-corrected chi connectivity index (χ4v) is 2.03. The molecule has 1 aromatic heterocycles. The van der Waals surface area contributed by atoms with Crippen LogP contribution < -0.4 is 5.32 Å². The molecule has 0 aromatic carbocycles. The van der Waals surface area contributed by atoms with Gasteiger partial charge in [-0.2, -0.15) is 4.98 Å². The van der Waals surface area contributed by atoms with Crippen LogP contribution in [0.3, 0.4) is 0 Å². The molecule has 0 radical (unpaired) electrons. The molecule has 1 unspecified atom stereocenters. The zero-order valence-corrected chi connectivity index (χ0v) is 11.0. The molecule has 100 valence electrons. The number of anilines is 1. The minimum atomic E-state index is -0.492. The molecule has 0 aliphatic carbocycles. The van der Waals surface area contributed by atoms with E-state index in [2.05, 4.69) is 20.2 Å². The summed E-state index contributed by atoms with van der Waals surface area (Å²) in [5, 5.41) is 3.04. The van der Waals surface area contributed by atoms with Crippen LogP contribution in [0.4, 0.5) is 10.2 Å². The van der Waals surface area contributed by atoms with E-state index in [9.17, 15) is 4.39 Å². The number of ether oxygens (including phenoxy) is 1. The van der Waals surface area contributed by atoms with Gasteiger partial charge in [-0.15, -0.1) is 0 Å². The summed E-state index contributed by atoms with van der Waals surface area (Å²) in [5.41, 5.74) is 0. The van der Waals surface area contributed by atoms with Crippen LogP contribution in [0.5, 0.6) is 0 Å². The number of hydrogen-bond donors (Lipinski definition) is 1. The molecule has 1 aliphatic heterocycles. The number of nitrogens with zero attached hydrogens (tertiary/aromatic N) is 3. The predicted octanol–water partition coefficient (Wildman–Crippen LogP) is 1.40. The summed E-state index contributed by atoms with van der Waals surface area (Å²) in [5.74, 6) is -0.344. The van der Waals surface area contributed by atoms with Crippen LogP contribution in [-0.4, -0.2) is 53.8 Å². The molecule has 1 N–H and O–H groups in total. The van der Waals surface area contributed by atoms with Gasteiger partial charge in [-0.05, 0) is 18.5 Å². The average molecular weight is 275 g/mol. The van der Waals surface area contributed by atoms with Crippen molar-refractivity contribution >= 4 is 17.4 Å². The lowest BCUT2D eigenvalue weighted by molar-refractivity contribution is 0.0368. The van der Waals surface area contributed by atoms with Gasteiger partial charge in [-0.1, -0.05) is 0 Å². The molecule has 0 amide bonds. The first-order valence-electron chi connectivity index (χ1n) is 5.90. The number of halogens is 2. The Labute approximate surface area is 110 Å². The van der Waals surface area contributed by atoms with Crippen LogP contribution >= 0.6 is 11.6 Å². The molecule has 1 aliphatic rings. The summed E-state index contributed by atoms with van der Waals surface area (Å²) >= 11 is 5.64. The van der Waals surface area contributed by atoms with Crippen molar-refractivity contribution in [3.63, 3.8) is 0 Å². The van der Waals surface area contributed by atoms with Gasteiger partial charge in [-0.3, -0.25) is 4.90 Å². The monoisotopic (exact) mass is 274 g/mol. The highest BCUT2D eigenvalue weighted by molar-refractivity contribution is 6.28. The van der Waals surface area contributed by atoms with E-state index in [0.29, 0.717) is 0 Å². The quantitative estimate of drug-likeness (QED) is 0.841. The van der Waals surface area contributed by atoms with Crippen molar-refractivity contribution < 1.29 is 9.13 Å². The van der Waals surface area contributed by atoms with E-state index >= 15 is 0 Å². The van der Waals surface area contributed by atoms with E-state index < -0.39 is 5.82 Å². The van der Waals surface area contributed by atoms with Crippen molar-refractivity contribution in [3.8, 4) is 0 Å². The Balaban J connectivity index is 1.89. The van der Waals surface area contributed by atoms with Crippen molar-refractivity contribution in [2.24, 2.45) is 0 Å². The molecule has 2 heterocycles. The lowest BCUT2D eigenvalue weighted by atomic mass is 10.3. The molecule has 1 saturated heterocycles. The SMILES string of the molecule is CC(CN1CCOCC1)Nc1nc(Cl)ncc1F. The van der Waals surface area contributed by atoms with Crippen LogP contribution in [0.15, 0.2) is 6.20 Å². The third-order valence-electron chi connectivity index (χ3n) is 2.73. The van der Waals surface area contributed by atoms with Crippen molar-refractivity contribution in [3.05, 3.63) is 17.3 Å². The van der Waals surface area contributed by atoms with Gasteiger partial charge in [0.1, 0.15) is 0 Å². The fourth-order valence-electron chi connectivity index (χ4n) is 1.90. The normalized spacial score (nSPS) is 18.6. The highest BCUT2D eigenvalue weighted by Gasteiger charge is 2.15. The van der Waals surface area contributed by atoms with Crippen LogP contribution in [0.25, 0.3) is 0 Å². The van der Waals surface area contributed by atoms with Crippen LogP contribution in [-0.2, 0) is 4.74 Å². The first-order chi connectivity index (χ1) is 8.65. The molecular formula is C11H16ClFN4O. The van der Waals surface area contributed by atoms with Gasteiger partial charge in [0.05, 0.1) is 19.4 Å². The van der Waals surface area contributed by atoms with Gasteiger partial charge in [0, 0.05) is 25.7 Å². The molecule has 1 aromatic rings. The third-order valence-corrected chi connectivity index (χ3v) is 2.92. The van der Waals surface area contributed by atoms with Crippen LogP contribution in [0.2, 0.25) is 5.28 Å². The van der Waals surface area contributed by atoms with Gasteiger partial charge in [0.25, 0.3) is 0 Å². The molecule has 1 fully saturated rings. The van der Waals surface area contributed by atoms with Crippen LogP contribution in [0, 0.1) is 5.82 Å². The van der Waals surface area contributed by atoms with Crippen molar-refractivity contribution in [2.45, 2.75) is 13.0 Å². The summed E-state index contributed by atoms with van der Waals surface area (Å²) in [6.07, 6.45) is 1.07. The largest absolute Gasteiger partial charge is 0.379 e. The molecule has 7 heteroatoms. The Bertz CT molecular complexity index is 401. The summed E-state index contributed by atoms with van der Waals surface area (Å²) in [7, 11) is 0. The van der Waals surface area contributed by atoms with Gasteiger partial charge < -0.3 is 10.1 Å². The number of morpholine rings is 1. The van der Waals surface area contributed by atoms with Gasteiger partial charge in [0.15, 0.2) is 11.6 Å². The Morgan fingerprint density at radius 1 is 1.56 bits per heavy atom. The molecule has 2 rings (SSSR count). The lowest BCUT2D eigenvalue weighted by Gasteiger charge is -2.29. The van der Waals surface area contributed by atoms with Crippen molar-refractivity contribution in [1.82, 2.24) is 14.9 Å². The van der Waals surface area contributed by atoms with E-state index in [0.717, 1.165) is 39.0 Å². The zero-order chi connectivity index (χ0) is 13.0. The highest BCUT2D eigenvalue weighted by atomic mass is 35.5. The molecule has 0 bridgehead atoms. The van der Waals surface area contributed by atoms with Crippen molar-refractivity contribution in [1.29, 1.82) is 0 Å². The topological polar surface area (TPSA) is 50.3 Å². The Morgan fingerprint density at radius 3 is 3.00 bits per heavy atom. The first-order valence-corrected chi connectivity index (χ1v) is 6.27. The molecule has 0 saturated carbocycles.